The van der Waals surface area contributed by atoms with Crippen molar-refractivity contribution in [3.05, 3.63) is 12.2 Å². The van der Waals surface area contributed by atoms with Crippen molar-refractivity contribution in [1.29, 1.82) is 0 Å². The van der Waals surface area contributed by atoms with Gasteiger partial charge in [0.15, 0.2) is 5.78 Å². The van der Waals surface area contributed by atoms with Gasteiger partial charge in [-0.05, 0) is 25.2 Å². The Morgan fingerprint density at radius 1 is 1.40 bits per heavy atom. The van der Waals surface area contributed by atoms with Gasteiger partial charge >= 0.3 is 0 Å². The number of hydrogen-bond donors (Lipinski definition) is 3. The summed E-state index contributed by atoms with van der Waals surface area (Å²) in [5, 5.41) is 0.443. The number of carbonyl (C=O) groups excluding carboxylic acids is 1. The fourth-order valence-electron chi connectivity index (χ4n) is 0.337. The molecule has 90 valence electrons. The van der Waals surface area contributed by atoms with Crippen LogP contribution in [0.2, 0.25) is 0 Å². The van der Waals surface area contributed by atoms with Crippen LogP contribution in [0.5, 0.6) is 0 Å². The van der Waals surface area contributed by atoms with E-state index in [0.717, 1.165) is 23.0 Å². The van der Waals surface area contributed by atoms with Crippen molar-refractivity contribution in [3.8, 4) is 0 Å². The van der Waals surface area contributed by atoms with E-state index in [0.29, 0.717) is 10.8 Å². The Labute approximate surface area is 114 Å². The first-order valence-electron chi connectivity index (χ1n) is 4.59. The monoisotopic (exact) mass is 284 g/mol. The first-order valence-corrected chi connectivity index (χ1v) is 7.53. The van der Waals surface area contributed by atoms with Crippen LogP contribution in [0.3, 0.4) is 0 Å². The van der Waals surface area contributed by atoms with Crippen molar-refractivity contribution in [3.63, 3.8) is 0 Å². The van der Waals surface area contributed by atoms with Gasteiger partial charge in [0.05, 0.1) is 0 Å². The second-order valence-corrected chi connectivity index (χ2v) is 5.66. The zero-order valence-electron chi connectivity index (χ0n) is 9.27. The summed E-state index contributed by atoms with van der Waals surface area (Å²) in [5.41, 5.74) is 0.620. The molecule has 0 aromatic heterocycles. The smallest absolute Gasteiger partial charge is 0.154 e. The molecule has 0 heterocycles. The first kappa shape index (κ1) is 18.2. The normalized spacial score (nSPS) is 11.3. The molecule has 0 aromatic carbocycles. The fraction of sp³-hybridized carbons (Fsp3) is 0.700. The number of carbonyl (C=O) groups is 1. The average molecular weight is 285 g/mol. The molecule has 0 saturated carbocycles. The molecule has 0 rings (SSSR count). The highest BCUT2D eigenvalue weighted by molar-refractivity contribution is 8.00. The van der Waals surface area contributed by atoms with E-state index in [2.05, 4.69) is 44.5 Å². The van der Waals surface area contributed by atoms with E-state index in [9.17, 15) is 4.79 Å². The van der Waals surface area contributed by atoms with Gasteiger partial charge in [-0.2, -0.15) is 49.6 Å². The summed E-state index contributed by atoms with van der Waals surface area (Å²) in [4.78, 5) is 10.0. The Morgan fingerprint density at radius 2 is 1.87 bits per heavy atom. The summed E-state index contributed by atoms with van der Waals surface area (Å²) in [5.74, 6) is 4.09. The molecule has 0 aliphatic carbocycles. The van der Waals surface area contributed by atoms with E-state index in [4.69, 9.17) is 0 Å². The summed E-state index contributed by atoms with van der Waals surface area (Å²) >= 11 is 14.4. The van der Waals surface area contributed by atoms with Crippen LogP contribution >= 0.6 is 49.6 Å². The number of hydrogen-bond acceptors (Lipinski definition) is 5. The molecule has 5 heteroatoms. The van der Waals surface area contributed by atoms with Crippen LogP contribution in [0.25, 0.3) is 0 Å². The highest BCUT2D eigenvalue weighted by Crippen LogP contribution is 2.08. The molecular formula is C10H20OS4. The van der Waals surface area contributed by atoms with Gasteiger partial charge in [0.2, 0.25) is 0 Å². The van der Waals surface area contributed by atoms with Crippen molar-refractivity contribution < 1.29 is 4.79 Å². The number of rotatable bonds is 6. The van der Waals surface area contributed by atoms with Gasteiger partial charge in [0.25, 0.3) is 0 Å². The summed E-state index contributed by atoms with van der Waals surface area (Å²) < 4.78 is 0. The summed E-state index contributed by atoms with van der Waals surface area (Å²) in [6.45, 7) is 6.60. The van der Waals surface area contributed by atoms with Gasteiger partial charge in [-0.15, -0.1) is 0 Å². The lowest BCUT2D eigenvalue weighted by Gasteiger charge is -2.04. The van der Waals surface area contributed by atoms with Gasteiger partial charge in [0, 0.05) is 22.5 Å². The number of allylic oxidation sites excluding steroid dienone is 1. The molecule has 1 nitrogen and oxygen atoms in total. The molecule has 0 fully saturated rings. The fourth-order valence-corrected chi connectivity index (χ4v) is 2.03. The zero-order chi connectivity index (χ0) is 12.3. The summed E-state index contributed by atoms with van der Waals surface area (Å²) in [6.07, 6.45) is 0. The minimum absolute atomic E-state index is 0.0648. The number of thioether (sulfide) groups is 1. The second-order valence-electron chi connectivity index (χ2n) is 2.97. The zero-order valence-corrected chi connectivity index (χ0v) is 12.8. The third-order valence-electron chi connectivity index (χ3n) is 1.36. The molecule has 1 atom stereocenters. The molecule has 0 aromatic rings. The third-order valence-corrected chi connectivity index (χ3v) is 4.36. The van der Waals surface area contributed by atoms with Crippen LogP contribution in [0.4, 0.5) is 0 Å². The van der Waals surface area contributed by atoms with Crippen molar-refractivity contribution in [2.75, 3.05) is 23.0 Å². The quantitative estimate of drug-likeness (QED) is 0.395. The molecule has 0 saturated heterocycles. The van der Waals surface area contributed by atoms with Crippen LogP contribution in [-0.4, -0.2) is 34.0 Å². The molecular weight excluding hydrogens is 264 g/mol. The maximum absolute atomic E-state index is 10.0. The maximum Gasteiger partial charge on any atom is 0.154 e. The first-order chi connectivity index (χ1) is 6.95. The summed E-state index contributed by atoms with van der Waals surface area (Å²) in [6, 6.07) is 0. The Bertz CT molecular complexity index is 170. The number of Topliss-reactive ketones (excluding diaryl/α,β-unsaturated/α-hetero) is 1. The van der Waals surface area contributed by atoms with E-state index >= 15 is 0 Å². The standard InChI is InChI=1S/C5H8O.C5H12S4/c1-4(2)5(3)6;6-1-2-9-4-5(8)3-7/h1H2,2-3H3;5-8H,1-4H2. The minimum atomic E-state index is 0.0648. The third kappa shape index (κ3) is 17.4. The predicted molar refractivity (Wildman–Crippen MR) is 83.3 cm³/mol. The van der Waals surface area contributed by atoms with Gasteiger partial charge in [0.1, 0.15) is 0 Å². The predicted octanol–water partition coefficient (Wildman–Crippen LogP) is 3.03. The Morgan fingerprint density at radius 3 is 2.13 bits per heavy atom. The van der Waals surface area contributed by atoms with Crippen molar-refractivity contribution in [2.45, 2.75) is 19.1 Å². The average Bonchev–Trinajstić information content (AvgIpc) is 2.18. The number of thiol groups is 3. The largest absolute Gasteiger partial charge is 0.295 e. The number of ketones is 1. The molecule has 0 radical (unpaired) electrons. The van der Waals surface area contributed by atoms with Gasteiger partial charge in [-0.3, -0.25) is 4.79 Å². The Hall–Kier alpha value is 0.810. The van der Waals surface area contributed by atoms with E-state index in [1.165, 1.54) is 6.92 Å². The molecule has 0 aliphatic rings. The molecule has 0 spiro atoms. The lowest BCUT2D eigenvalue weighted by molar-refractivity contribution is -0.113. The second kappa shape index (κ2) is 12.9. The lowest BCUT2D eigenvalue weighted by Crippen LogP contribution is -2.04. The molecule has 0 bridgehead atoms. The van der Waals surface area contributed by atoms with Crippen LogP contribution in [0.1, 0.15) is 13.8 Å². The molecule has 15 heavy (non-hydrogen) atoms. The van der Waals surface area contributed by atoms with Gasteiger partial charge in [-0.1, -0.05) is 6.58 Å². The molecule has 0 N–H and O–H groups in total. The van der Waals surface area contributed by atoms with Gasteiger partial charge in [-0.25, -0.2) is 0 Å². The van der Waals surface area contributed by atoms with Crippen LogP contribution in [0.15, 0.2) is 12.2 Å². The van der Waals surface area contributed by atoms with Crippen LogP contribution < -0.4 is 0 Å². The molecule has 0 amide bonds. The highest BCUT2D eigenvalue weighted by Gasteiger charge is 1.97. The summed E-state index contributed by atoms with van der Waals surface area (Å²) in [7, 11) is 0. The highest BCUT2D eigenvalue weighted by atomic mass is 32.2. The minimum Gasteiger partial charge on any atom is -0.295 e. The lowest BCUT2D eigenvalue weighted by atomic mass is 10.3. The van der Waals surface area contributed by atoms with E-state index < -0.39 is 0 Å². The topological polar surface area (TPSA) is 17.1 Å². The molecule has 1 unspecified atom stereocenters. The Kier molecular flexibility index (Phi) is 15.6. The van der Waals surface area contributed by atoms with Crippen molar-refractivity contribution >= 4 is 55.4 Å². The maximum atomic E-state index is 10.0. The van der Waals surface area contributed by atoms with Crippen LogP contribution in [0, 0.1) is 0 Å². The SMILES string of the molecule is C=C(C)C(C)=O.SCCSCC(S)CS. The van der Waals surface area contributed by atoms with E-state index in [-0.39, 0.29) is 5.78 Å². The van der Waals surface area contributed by atoms with Crippen molar-refractivity contribution in [1.82, 2.24) is 0 Å². The van der Waals surface area contributed by atoms with Crippen LogP contribution in [-0.2, 0) is 4.79 Å². The molecule has 0 aliphatic heterocycles. The van der Waals surface area contributed by atoms with E-state index in [1.807, 2.05) is 11.8 Å². The Balaban J connectivity index is 0. The van der Waals surface area contributed by atoms with Gasteiger partial charge < -0.3 is 0 Å². The van der Waals surface area contributed by atoms with Crippen molar-refractivity contribution in [2.24, 2.45) is 0 Å². The van der Waals surface area contributed by atoms with E-state index in [1.54, 1.807) is 6.92 Å².